The van der Waals surface area contributed by atoms with Crippen LogP contribution in [-0.2, 0) is 4.74 Å². The van der Waals surface area contributed by atoms with Crippen molar-refractivity contribution in [1.29, 1.82) is 0 Å². The maximum atomic E-state index is 11.7. The monoisotopic (exact) mass is 228 g/mol. The Hall–Kier alpha value is -2.21. The van der Waals surface area contributed by atoms with Gasteiger partial charge in [0.1, 0.15) is 11.7 Å². The van der Waals surface area contributed by atoms with Crippen molar-refractivity contribution in [3.63, 3.8) is 0 Å². The lowest BCUT2D eigenvalue weighted by atomic mass is 10.2. The number of hydrogen-bond donors (Lipinski definition) is 0. The molecule has 0 spiro atoms. The molecular formula is C14H12O3. The quantitative estimate of drug-likeness (QED) is 0.598. The van der Waals surface area contributed by atoms with Crippen LogP contribution in [-0.4, -0.2) is 12.1 Å². The van der Waals surface area contributed by atoms with Gasteiger partial charge in [-0.3, -0.25) is 0 Å². The lowest BCUT2D eigenvalue weighted by Gasteiger charge is -2.07. The van der Waals surface area contributed by atoms with E-state index in [1.165, 1.54) is 0 Å². The highest BCUT2D eigenvalue weighted by molar-refractivity contribution is 5.92. The lowest BCUT2D eigenvalue weighted by molar-refractivity contribution is 0.0318. The van der Waals surface area contributed by atoms with E-state index >= 15 is 0 Å². The zero-order valence-corrected chi connectivity index (χ0v) is 9.47. The van der Waals surface area contributed by atoms with E-state index < -0.39 is 5.97 Å². The summed E-state index contributed by atoms with van der Waals surface area (Å²) >= 11 is 0. The minimum absolute atomic E-state index is 0.204. The van der Waals surface area contributed by atoms with Crippen molar-refractivity contribution in [2.24, 2.45) is 0 Å². The van der Waals surface area contributed by atoms with Crippen molar-refractivity contribution in [3.05, 3.63) is 36.1 Å². The molecule has 1 aromatic carbocycles. The number of para-hydroxylation sites is 1. The molecule has 17 heavy (non-hydrogen) atoms. The van der Waals surface area contributed by atoms with E-state index in [1.807, 2.05) is 18.2 Å². The van der Waals surface area contributed by atoms with Crippen molar-refractivity contribution >= 4 is 16.9 Å². The number of furan rings is 1. The largest absolute Gasteiger partial charge is 0.456 e. The molecule has 0 amide bonds. The van der Waals surface area contributed by atoms with Crippen molar-refractivity contribution in [2.75, 3.05) is 0 Å². The summed E-state index contributed by atoms with van der Waals surface area (Å²) in [5.41, 5.74) is 0.670. The summed E-state index contributed by atoms with van der Waals surface area (Å²) < 4.78 is 10.5. The van der Waals surface area contributed by atoms with Crippen LogP contribution in [0.15, 0.2) is 34.7 Å². The summed E-state index contributed by atoms with van der Waals surface area (Å²) in [6, 6.07) is 9.08. The number of benzene rings is 1. The first kappa shape index (κ1) is 11.3. The summed E-state index contributed by atoms with van der Waals surface area (Å²) in [5.74, 6) is 2.16. The van der Waals surface area contributed by atoms with E-state index in [2.05, 4.69) is 5.92 Å². The van der Waals surface area contributed by atoms with Gasteiger partial charge in [0.15, 0.2) is 0 Å². The highest BCUT2D eigenvalue weighted by atomic mass is 16.6. The van der Waals surface area contributed by atoms with Crippen LogP contribution in [0, 0.1) is 12.3 Å². The average molecular weight is 228 g/mol. The number of rotatable bonds is 3. The molecule has 2 rings (SSSR count). The molecular weight excluding hydrogens is 216 g/mol. The Morgan fingerprint density at radius 1 is 1.53 bits per heavy atom. The van der Waals surface area contributed by atoms with Gasteiger partial charge in [0.05, 0.1) is 0 Å². The van der Waals surface area contributed by atoms with E-state index in [-0.39, 0.29) is 11.9 Å². The molecule has 0 aliphatic heterocycles. The zero-order chi connectivity index (χ0) is 12.3. The van der Waals surface area contributed by atoms with E-state index in [9.17, 15) is 4.79 Å². The number of esters is 1. The predicted octanol–water partition coefficient (Wildman–Crippen LogP) is 3.00. The number of terminal acetylenes is 1. The molecule has 0 aliphatic rings. The van der Waals surface area contributed by atoms with Gasteiger partial charge in [-0.2, -0.15) is 0 Å². The predicted molar refractivity (Wildman–Crippen MR) is 64.5 cm³/mol. The Labute approximate surface area is 99.4 Å². The lowest BCUT2D eigenvalue weighted by Crippen LogP contribution is -2.13. The Bertz CT molecular complexity index is 541. The third-order valence-corrected chi connectivity index (χ3v) is 2.34. The van der Waals surface area contributed by atoms with E-state index in [0.717, 1.165) is 5.39 Å². The maximum Gasteiger partial charge on any atom is 0.374 e. The number of hydrogen-bond acceptors (Lipinski definition) is 3. The van der Waals surface area contributed by atoms with Crippen molar-refractivity contribution in [1.82, 2.24) is 0 Å². The van der Waals surface area contributed by atoms with Crippen LogP contribution in [0.5, 0.6) is 0 Å². The minimum Gasteiger partial charge on any atom is -0.456 e. The first-order valence-corrected chi connectivity index (χ1v) is 5.33. The normalized spacial score (nSPS) is 12.0. The summed E-state index contributed by atoms with van der Waals surface area (Å²) in [6.07, 6.45) is 5.23. The number of ether oxygens (including phenoxy) is 1. The van der Waals surface area contributed by atoms with Crippen molar-refractivity contribution in [3.8, 4) is 12.3 Å². The highest BCUT2D eigenvalue weighted by Crippen LogP contribution is 2.19. The van der Waals surface area contributed by atoms with Gasteiger partial charge in [0, 0.05) is 11.8 Å². The molecule has 86 valence electrons. The number of fused-ring (bicyclic) bond motifs is 1. The van der Waals surface area contributed by atoms with Gasteiger partial charge in [-0.05, 0) is 19.1 Å². The fourth-order valence-electron chi connectivity index (χ4n) is 1.53. The fraction of sp³-hybridized carbons (Fsp3) is 0.214. The van der Waals surface area contributed by atoms with Crippen LogP contribution in [0.25, 0.3) is 11.0 Å². The van der Waals surface area contributed by atoms with Crippen LogP contribution >= 0.6 is 0 Å². The second-order valence-electron chi connectivity index (χ2n) is 3.77. The third-order valence-electron chi connectivity index (χ3n) is 2.34. The first-order chi connectivity index (χ1) is 8.20. The highest BCUT2D eigenvalue weighted by Gasteiger charge is 2.15. The SMILES string of the molecule is C#CCC(C)OC(=O)c1cc2ccccc2o1. The molecule has 0 bridgehead atoms. The van der Waals surface area contributed by atoms with Gasteiger partial charge in [-0.15, -0.1) is 12.3 Å². The Morgan fingerprint density at radius 3 is 3.00 bits per heavy atom. The molecule has 0 saturated carbocycles. The second kappa shape index (κ2) is 4.75. The Balaban J connectivity index is 2.17. The van der Waals surface area contributed by atoms with Crippen LogP contribution in [0.1, 0.15) is 23.9 Å². The smallest absolute Gasteiger partial charge is 0.374 e. The molecule has 1 atom stereocenters. The van der Waals surface area contributed by atoms with Crippen LogP contribution in [0.2, 0.25) is 0 Å². The average Bonchev–Trinajstić information content (AvgIpc) is 2.72. The van der Waals surface area contributed by atoms with Gasteiger partial charge >= 0.3 is 5.97 Å². The molecule has 3 heteroatoms. The van der Waals surface area contributed by atoms with Gasteiger partial charge in [-0.25, -0.2) is 4.79 Å². The standard InChI is InChI=1S/C14H12O3/c1-3-6-10(2)16-14(15)13-9-11-7-4-5-8-12(11)17-13/h1,4-5,7-10H,6H2,2H3. The molecule has 0 radical (unpaired) electrons. The summed E-state index contributed by atoms with van der Waals surface area (Å²) in [4.78, 5) is 11.7. The summed E-state index contributed by atoms with van der Waals surface area (Å²) in [6.45, 7) is 1.75. The van der Waals surface area contributed by atoms with Crippen LogP contribution in [0.3, 0.4) is 0 Å². The molecule has 0 saturated heterocycles. The van der Waals surface area contributed by atoms with Crippen LogP contribution < -0.4 is 0 Å². The second-order valence-corrected chi connectivity index (χ2v) is 3.77. The van der Waals surface area contributed by atoms with Crippen molar-refractivity contribution in [2.45, 2.75) is 19.4 Å². The number of carbonyl (C=O) groups is 1. The van der Waals surface area contributed by atoms with E-state index in [1.54, 1.807) is 19.1 Å². The summed E-state index contributed by atoms with van der Waals surface area (Å²) in [5, 5.41) is 0.879. The molecule has 1 aromatic heterocycles. The fourth-order valence-corrected chi connectivity index (χ4v) is 1.53. The minimum atomic E-state index is -0.482. The van der Waals surface area contributed by atoms with Gasteiger partial charge in [0.2, 0.25) is 5.76 Å². The molecule has 0 fully saturated rings. The van der Waals surface area contributed by atoms with Crippen LogP contribution in [0.4, 0.5) is 0 Å². The molecule has 2 aromatic rings. The Morgan fingerprint density at radius 2 is 2.29 bits per heavy atom. The third kappa shape index (κ3) is 2.48. The van der Waals surface area contributed by atoms with Gasteiger partial charge in [-0.1, -0.05) is 18.2 Å². The Kier molecular flexibility index (Phi) is 3.15. The van der Waals surface area contributed by atoms with Gasteiger partial charge in [0.25, 0.3) is 0 Å². The zero-order valence-electron chi connectivity index (χ0n) is 9.47. The maximum absolute atomic E-state index is 11.7. The summed E-state index contributed by atoms with van der Waals surface area (Å²) in [7, 11) is 0. The van der Waals surface area contributed by atoms with Gasteiger partial charge < -0.3 is 9.15 Å². The molecule has 0 aliphatic carbocycles. The van der Waals surface area contributed by atoms with Crippen molar-refractivity contribution < 1.29 is 13.9 Å². The molecule has 1 heterocycles. The molecule has 0 N–H and O–H groups in total. The van der Waals surface area contributed by atoms with E-state index in [0.29, 0.717) is 12.0 Å². The molecule has 3 nitrogen and oxygen atoms in total. The topological polar surface area (TPSA) is 39.4 Å². The first-order valence-electron chi connectivity index (χ1n) is 5.33. The molecule has 1 unspecified atom stereocenters. The van der Waals surface area contributed by atoms with E-state index in [4.69, 9.17) is 15.6 Å². The number of carbonyl (C=O) groups excluding carboxylic acids is 1.